The molecular formula is C17H12Cl5N3. The topological polar surface area (TPSA) is 28.8 Å². The maximum Gasteiger partial charge on any atom is 0.173 e. The van der Waals surface area contributed by atoms with Crippen LogP contribution in [0.3, 0.4) is 0 Å². The fourth-order valence-electron chi connectivity index (χ4n) is 2.18. The van der Waals surface area contributed by atoms with E-state index in [0.29, 0.717) is 5.69 Å². The third-order valence-electron chi connectivity index (χ3n) is 3.37. The Kier molecular flexibility index (Phi) is 7.17. The molecule has 0 radical (unpaired) electrons. The Labute approximate surface area is 171 Å². The van der Waals surface area contributed by atoms with Gasteiger partial charge in [0.05, 0.1) is 11.4 Å². The van der Waals surface area contributed by atoms with Crippen molar-refractivity contribution >= 4 is 57.8 Å². The number of hydrogen-bond donors (Lipinski definition) is 1. The van der Waals surface area contributed by atoms with Crippen LogP contribution in [0, 0.1) is 0 Å². The van der Waals surface area contributed by atoms with E-state index in [-0.39, 0.29) is 32.8 Å². The van der Waals surface area contributed by atoms with E-state index in [1.807, 2.05) is 42.7 Å². The quantitative estimate of drug-likeness (QED) is 0.504. The van der Waals surface area contributed by atoms with Crippen molar-refractivity contribution < 1.29 is 17.0 Å². The minimum atomic E-state index is 0. The molecule has 0 spiro atoms. The molecule has 0 aliphatic heterocycles. The van der Waals surface area contributed by atoms with Gasteiger partial charge in [-0.1, -0.05) is 76.7 Å². The molecule has 8 heteroatoms. The molecule has 1 N–H and O–H groups in total. The van der Waals surface area contributed by atoms with Crippen molar-refractivity contribution in [2.24, 2.45) is 0 Å². The Morgan fingerprint density at radius 2 is 1.40 bits per heavy atom. The van der Waals surface area contributed by atoms with Crippen LogP contribution < -0.4 is 22.3 Å². The highest BCUT2D eigenvalue weighted by molar-refractivity contribution is 6.48. The second-order valence-corrected chi connectivity index (χ2v) is 6.54. The van der Waals surface area contributed by atoms with Gasteiger partial charge >= 0.3 is 0 Å². The Morgan fingerprint density at radius 3 is 1.96 bits per heavy atom. The normalized spacial score (nSPS) is 10.2. The molecule has 25 heavy (non-hydrogen) atoms. The maximum atomic E-state index is 6.15. The molecule has 130 valence electrons. The summed E-state index contributed by atoms with van der Waals surface area (Å²) in [5, 5.41) is 3.79. The van der Waals surface area contributed by atoms with Gasteiger partial charge in [-0.2, -0.15) is 0 Å². The Bertz CT molecular complexity index is 828. The highest BCUT2D eigenvalue weighted by Gasteiger charge is 2.16. The van der Waals surface area contributed by atoms with Crippen LogP contribution in [-0.4, -0.2) is 4.98 Å². The average Bonchev–Trinajstić information content (AvgIpc) is 2.59. The number of nitrogens with one attached hydrogen (secondary N) is 1. The van der Waals surface area contributed by atoms with E-state index in [1.54, 1.807) is 0 Å². The number of halogens is 5. The first-order valence-electron chi connectivity index (χ1n) is 7.04. The van der Waals surface area contributed by atoms with Crippen LogP contribution in [0.1, 0.15) is 5.56 Å². The smallest absolute Gasteiger partial charge is 0.173 e. The summed E-state index contributed by atoms with van der Waals surface area (Å²) in [4.78, 5) is 3.86. The van der Waals surface area contributed by atoms with Gasteiger partial charge in [-0.3, -0.25) is 0 Å². The van der Waals surface area contributed by atoms with Crippen molar-refractivity contribution in [3.63, 3.8) is 0 Å². The monoisotopic (exact) mass is 433 g/mol. The summed E-state index contributed by atoms with van der Waals surface area (Å²) in [6.45, 7) is 0.787. The summed E-state index contributed by atoms with van der Waals surface area (Å²) in [5.41, 5.74) is 2.47. The van der Waals surface area contributed by atoms with Gasteiger partial charge in [-0.05, 0) is 0 Å². The summed E-state index contributed by atoms with van der Waals surface area (Å²) in [6.07, 6.45) is 3.92. The molecular weight excluding hydrogens is 423 g/mol. The predicted octanol–water partition coefficient (Wildman–Crippen LogP) is 2.78. The highest BCUT2D eigenvalue weighted by atomic mass is 35.5. The summed E-state index contributed by atoms with van der Waals surface area (Å²) in [6, 6.07) is 14.0. The van der Waals surface area contributed by atoms with Crippen molar-refractivity contribution in [2.75, 3.05) is 5.32 Å². The highest BCUT2D eigenvalue weighted by Crippen LogP contribution is 2.40. The standard InChI is InChI=1S/C17H11Cl4N3.ClH/c18-13-15(14(19)17(21)23-16(13)20)22-12-6-8-24(9-7-12)10-11-4-2-1-3-5-11;/h1-9H,10H2;1H. The molecule has 0 atom stereocenters. The zero-order valence-electron chi connectivity index (χ0n) is 12.7. The molecule has 0 fully saturated rings. The van der Waals surface area contributed by atoms with E-state index < -0.39 is 0 Å². The van der Waals surface area contributed by atoms with E-state index in [0.717, 1.165) is 12.2 Å². The van der Waals surface area contributed by atoms with Gasteiger partial charge in [0.2, 0.25) is 0 Å². The lowest BCUT2D eigenvalue weighted by Gasteiger charge is -2.11. The minimum absolute atomic E-state index is 0. The predicted molar refractivity (Wildman–Crippen MR) is 99.7 cm³/mol. The zero-order chi connectivity index (χ0) is 17.1. The fraction of sp³-hybridized carbons (Fsp3) is 0.0588. The minimum Gasteiger partial charge on any atom is -1.00 e. The Hall–Kier alpha value is -1.23. The first-order valence-corrected chi connectivity index (χ1v) is 8.56. The van der Waals surface area contributed by atoms with Crippen molar-refractivity contribution in [2.45, 2.75) is 6.54 Å². The number of anilines is 2. The van der Waals surface area contributed by atoms with E-state index >= 15 is 0 Å². The number of aromatic nitrogens is 2. The Morgan fingerprint density at radius 1 is 0.840 bits per heavy atom. The molecule has 0 aliphatic carbocycles. The van der Waals surface area contributed by atoms with Crippen LogP contribution in [0.25, 0.3) is 0 Å². The Balaban J connectivity index is 0.00000225. The molecule has 0 bridgehead atoms. The summed E-state index contributed by atoms with van der Waals surface area (Å²) in [5.74, 6) is 0. The molecule has 2 heterocycles. The van der Waals surface area contributed by atoms with E-state index in [9.17, 15) is 0 Å². The molecule has 3 nitrogen and oxygen atoms in total. The number of hydrogen-bond acceptors (Lipinski definition) is 2. The van der Waals surface area contributed by atoms with Gasteiger partial charge in [0, 0.05) is 17.7 Å². The van der Waals surface area contributed by atoms with Gasteiger partial charge < -0.3 is 17.7 Å². The fourth-order valence-corrected chi connectivity index (χ4v) is 3.00. The number of rotatable bonds is 4. The molecule has 0 unspecified atom stereocenters. The number of pyridine rings is 2. The van der Waals surface area contributed by atoms with Crippen LogP contribution in [0.4, 0.5) is 11.4 Å². The summed E-state index contributed by atoms with van der Waals surface area (Å²) in [7, 11) is 0. The lowest BCUT2D eigenvalue weighted by atomic mass is 10.2. The third-order valence-corrected chi connectivity index (χ3v) is 4.84. The van der Waals surface area contributed by atoms with Crippen LogP contribution in [0.15, 0.2) is 54.9 Å². The van der Waals surface area contributed by atoms with Crippen LogP contribution >= 0.6 is 46.4 Å². The van der Waals surface area contributed by atoms with E-state index in [4.69, 9.17) is 46.4 Å². The molecule has 3 aromatic rings. The molecule has 0 amide bonds. The largest absolute Gasteiger partial charge is 1.00 e. The second kappa shape index (κ2) is 8.93. The summed E-state index contributed by atoms with van der Waals surface area (Å²) >= 11 is 24.2. The maximum absolute atomic E-state index is 6.15. The van der Waals surface area contributed by atoms with E-state index in [2.05, 4.69) is 27.0 Å². The molecule has 3 rings (SSSR count). The molecule has 0 saturated carbocycles. The van der Waals surface area contributed by atoms with Gasteiger partial charge in [0.25, 0.3) is 0 Å². The van der Waals surface area contributed by atoms with Gasteiger partial charge in [0.1, 0.15) is 10.0 Å². The lowest BCUT2D eigenvalue weighted by Crippen LogP contribution is -3.00. The number of nitrogens with zero attached hydrogens (tertiary/aromatic N) is 2. The van der Waals surface area contributed by atoms with Gasteiger partial charge in [-0.15, -0.1) is 0 Å². The third kappa shape index (κ3) is 4.90. The average molecular weight is 436 g/mol. The lowest BCUT2D eigenvalue weighted by molar-refractivity contribution is -0.688. The second-order valence-electron chi connectivity index (χ2n) is 5.07. The van der Waals surface area contributed by atoms with Crippen molar-refractivity contribution in [1.82, 2.24) is 4.98 Å². The molecule has 0 aliphatic rings. The first-order chi connectivity index (χ1) is 11.5. The van der Waals surface area contributed by atoms with Crippen LogP contribution in [0.5, 0.6) is 0 Å². The first kappa shape index (κ1) is 20.1. The van der Waals surface area contributed by atoms with Crippen LogP contribution in [0.2, 0.25) is 20.4 Å². The number of benzene rings is 1. The zero-order valence-corrected chi connectivity index (χ0v) is 16.5. The molecule has 0 saturated heterocycles. The van der Waals surface area contributed by atoms with Gasteiger partial charge in [-0.25, -0.2) is 9.55 Å². The van der Waals surface area contributed by atoms with Crippen molar-refractivity contribution in [3.8, 4) is 0 Å². The van der Waals surface area contributed by atoms with Crippen LogP contribution in [-0.2, 0) is 6.54 Å². The van der Waals surface area contributed by atoms with Crippen molar-refractivity contribution in [1.29, 1.82) is 0 Å². The SMILES string of the molecule is Clc1nc(Cl)c(Cl)c(Nc2cc[n+](Cc3ccccc3)cc2)c1Cl.[Cl-]. The van der Waals surface area contributed by atoms with Crippen molar-refractivity contribution in [3.05, 3.63) is 80.8 Å². The molecule has 2 aromatic heterocycles. The molecule has 1 aromatic carbocycles. The van der Waals surface area contributed by atoms with Gasteiger partial charge in [0.15, 0.2) is 29.2 Å². The van der Waals surface area contributed by atoms with E-state index in [1.165, 1.54) is 5.56 Å². The summed E-state index contributed by atoms with van der Waals surface area (Å²) < 4.78 is 2.07.